The summed E-state index contributed by atoms with van der Waals surface area (Å²) < 4.78 is 0. The number of benzene rings is 3. The molecule has 12 heteroatoms. The monoisotopic (exact) mass is 617 g/mol. The first-order valence-electron chi connectivity index (χ1n) is 15.2. The zero-order valence-electron chi connectivity index (χ0n) is 25.3. The van der Waals surface area contributed by atoms with Crippen molar-refractivity contribution in [3.05, 3.63) is 111 Å². The number of imide groups is 1. The van der Waals surface area contributed by atoms with Crippen LogP contribution in [0.25, 0.3) is 6.08 Å². The van der Waals surface area contributed by atoms with Gasteiger partial charge in [-0.05, 0) is 68.0 Å². The smallest absolute Gasteiger partial charge is 0.269 e. The Labute approximate surface area is 264 Å². The van der Waals surface area contributed by atoms with Gasteiger partial charge in [0.2, 0.25) is 0 Å². The van der Waals surface area contributed by atoms with Crippen molar-refractivity contribution in [1.82, 2.24) is 10.0 Å². The number of carbonyl (C=O) groups excluding carboxylic acids is 3. The van der Waals surface area contributed by atoms with Crippen molar-refractivity contribution in [1.29, 1.82) is 0 Å². The summed E-state index contributed by atoms with van der Waals surface area (Å²) in [7, 11) is 0. The fraction of sp³-hybridized carbons (Fsp3) is 0.294. The first-order chi connectivity index (χ1) is 22.2. The summed E-state index contributed by atoms with van der Waals surface area (Å²) in [4.78, 5) is 52.3. The third kappa shape index (κ3) is 5.05. The van der Waals surface area contributed by atoms with Crippen molar-refractivity contribution in [2.75, 3.05) is 11.4 Å². The van der Waals surface area contributed by atoms with Crippen LogP contribution in [0.4, 0.5) is 11.4 Å². The van der Waals surface area contributed by atoms with Crippen molar-refractivity contribution in [3.63, 3.8) is 0 Å². The first kappa shape index (κ1) is 29.2. The van der Waals surface area contributed by atoms with E-state index in [4.69, 9.17) is 5.10 Å². The van der Waals surface area contributed by atoms with Gasteiger partial charge in [-0.25, -0.2) is 9.91 Å². The Kier molecular flexibility index (Phi) is 7.26. The summed E-state index contributed by atoms with van der Waals surface area (Å²) in [6.45, 7) is 3.76. The van der Waals surface area contributed by atoms with Crippen molar-refractivity contribution in [2.24, 2.45) is 21.4 Å². The summed E-state index contributed by atoms with van der Waals surface area (Å²) >= 11 is 0. The van der Waals surface area contributed by atoms with E-state index in [-0.39, 0.29) is 35.8 Å². The van der Waals surface area contributed by atoms with Crippen LogP contribution in [0, 0.1) is 29.9 Å². The predicted molar refractivity (Wildman–Crippen MR) is 169 cm³/mol. The Balaban J connectivity index is 1.17. The van der Waals surface area contributed by atoms with Crippen LogP contribution in [0.15, 0.2) is 93.8 Å². The number of anilines is 1. The molecule has 2 fully saturated rings. The van der Waals surface area contributed by atoms with Crippen molar-refractivity contribution in [2.45, 2.75) is 51.2 Å². The molecule has 0 radical (unpaired) electrons. The van der Waals surface area contributed by atoms with E-state index in [9.17, 15) is 24.5 Å². The third-order valence-corrected chi connectivity index (χ3v) is 9.07. The number of amides is 3. The third-order valence-electron chi connectivity index (χ3n) is 9.07. The number of hydrogen-bond donors (Lipinski definition) is 0. The van der Waals surface area contributed by atoms with Gasteiger partial charge in [0.25, 0.3) is 23.4 Å². The second kappa shape index (κ2) is 11.4. The molecule has 3 heterocycles. The Hall–Kier alpha value is -5.52. The maximum atomic E-state index is 14.1. The highest BCUT2D eigenvalue weighted by Crippen LogP contribution is 2.45. The van der Waals surface area contributed by atoms with Crippen LogP contribution in [-0.4, -0.2) is 57.0 Å². The van der Waals surface area contributed by atoms with Gasteiger partial charge >= 0.3 is 0 Å². The Morgan fingerprint density at radius 1 is 0.935 bits per heavy atom. The molecular formula is C34H31N7O5. The van der Waals surface area contributed by atoms with Crippen LogP contribution in [0.5, 0.6) is 0 Å². The lowest BCUT2D eigenvalue weighted by Crippen LogP contribution is -2.45. The quantitative estimate of drug-likeness (QED) is 0.208. The molecule has 3 aromatic carbocycles. The Bertz CT molecular complexity index is 1830. The molecule has 1 saturated carbocycles. The largest absolute Gasteiger partial charge is 0.271 e. The second-order valence-corrected chi connectivity index (χ2v) is 12.1. The minimum absolute atomic E-state index is 0.00243. The van der Waals surface area contributed by atoms with Gasteiger partial charge in [0.15, 0.2) is 12.1 Å². The lowest BCUT2D eigenvalue weighted by Gasteiger charge is -2.30. The van der Waals surface area contributed by atoms with E-state index < -0.39 is 28.8 Å². The standard InChI is InChI=1S/C34H31N7O5/c1-20-6-10-22(11-7-20)18-24-4-3-5-27-29(24)36-40(31(27)23-12-8-21(2)9-13-23)28(42)19-38-32-30(35-37-38)33(43)39(34(32)44)25-14-16-26(17-15-25)41(45)46/h6-18,27,30-32H,3-5,19H2,1-2H3. The number of aryl methyl sites for hydroxylation is 2. The first-order valence-corrected chi connectivity index (χ1v) is 15.2. The molecule has 4 unspecified atom stereocenters. The number of nitrogens with zero attached hydrogens (tertiary/aromatic N) is 7. The van der Waals surface area contributed by atoms with Crippen LogP contribution in [0.1, 0.15) is 47.6 Å². The molecule has 0 N–H and O–H groups in total. The van der Waals surface area contributed by atoms with E-state index in [1.165, 1.54) is 39.8 Å². The zero-order valence-corrected chi connectivity index (χ0v) is 25.3. The van der Waals surface area contributed by atoms with Crippen LogP contribution >= 0.6 is 0 Å². The number of fused-ring (bicyclic) bond motifs is 2. The number of nitro groups is 1. The number of nitro benzene ring substituents is 1. The average Bonchev–Trinajstić information content (AvgIpc) is 3.72. The van der Waals surface area contributed by atoms with Gasteiger partial charge in [0.1, 0.15) is 6.54 Å². The van der Waals surface area contributed by atoms with Gasteiger partial charge in [0, 0.05) is 18.1 Å². The fourth-order valence-electron chi connectivity index (χ4n) is 6.71. The van der Waals surface area contributed by atoms with E-state index >= 15 is 0 Å². The molecule has 7 rings (SSSR count). The van der Waals surface area contributed by atoms with Crippen LogP contribution in [0.2, 0.25) is 0 Å². The molecule has 46 heavy (non-hydrogen) atoms. The maximum absolute atomic E-state index is 14.1. The SMILES string of the molecule is Cc1ccc(C=C2CCCC3C2=NN(C(=O)CN2N=NC4C(=O)N(c5ccc([N+](=O)[O-])cc5)C(=O)C42)C3c2ccc(C)cc2)cc1. The molecule has 1 aliphatic carbocycles. The number of rotatable bonds is 6. The minimum atomic E-state index is -1.11. The van der Waals surface area contributed by atoms with E-state index in [1.54, 1.807) is 0 Å². The highest BCUT2D eigenvalue weighted by molar-refractivity contribution is 6.25. The molecule has 4 aliphatic rings. The van der Waals surface area contributed by atoms with Gasteiger partial charge in [-0.1, -0.05) is 64.9 Å². The lowest BCUT2D eigenvalue weighted by molar-refractivity contribution is -0.384. The predicted octanol–water partition coefficient (Wildman–Crippen LogP) is 5.33. The molecule has 0 aromatic heterocycles. The maximum Gasteiger partial charge on any atom is 0.269 e. The fourth-order valence-corrected chi connectivity index (χ4v) is 6.71. The van der Waals surface area contributed by atoms with Crippen LogP contribution in [0.3, 0.4) is 0 Å². The number of hydrogen-bond acceptors (Lipinski definition) is 9. The molecule has 3 amide bonds. The van der Waals surface area contributed by atoms with E-state index in [0.29, 0.717) is 0 Å². The molecule has 0 spiro atoms. The lowest BCUT2D eigenvalue weighted by atomic mass is 9.77. The number of non-ortho nitro benzene ring substituents is 1. The van der Waals surface area contributed by atoms with E-state index in [1.807, 2.05) is 31.2 Å². The molecule has 3 aliphatic heterocycles. The van der Waals surface area contributed by atoms with E-state index in [0.717, 1.165) is 52.1 Å². The summed E-state index contributed by atoms with van der Waals surface area (Å²) in [5.74, 6) is -1.56. The Morgan fingerprint density at radius 2 is 1.61 bits per heavy atom. The number of carbonyl (C=O) groups is 3. The second-order valence-electron chi connectivity index (χ2n) is 12.1. The summed E-state index contributed by atoms with van der Waals surface area (Å²) in [5.41, 5.74) is 6.35. The van der Waals surface area contributed by atoms with Crippen LogP contribution < -0.4 is 4.90 Å². The zero-order chi connectivity index (χ0) is 32.1. The van der Waals surface area contributed by atoms with E-state index in [2.05, 4.69) is 47.6 Å². The molecule has 3 aromatic rings. The molecule has 0 bridgehead atoms. The number of allylic oxidation sites excluding steroid dienone is 1. The average molecular weight is 618 g/mol. The van der Waals surface area contributed by atoms with Gasteiger partial charge < -0.3 is 0 Å². The topological polar surface area (TPSA) is 141 Å². The Morgan fingerprint density at radius 3 is 2.28 bits per heavy atom. The highest BCUT2D eigenvalue weighted by atomic mass is 16.6. The highest BCUT2D eigenvalue weighted by Gasteiger charge is 2.55. The van der Waals surface area contributed by atoms with Crippen molar-refractivity contribution >= 4 is 40.9 Å². The van der Waals surface area contributed by atoms with Gasteiger partial charge in [-0.3, -0.25) is 29.5 Å². The normalized spacial score (nSPS) is 24.4. The molecule has 4 atom stereocenters. The summed E-state index contributed by atoms with van der Waals surface area (Å²) in [5, 5.41) is 26.9. The molecule has 1 saturated heterocycles. The van der Waals surface area contributed by atoms with Crippen molar-refractivity contribution < 1.29 is 19.3 Å². The number of hydrazone groups is 1. The van der Waals surface area contributed by atoms with Crippen LogP contribution in [-0.2, 0) is 14.4 Å². The minimum Gasteiger partial charge on any atom is -0.271 e. The van der Waals surface area contributed by atoms with Gasteiger partial charge in [-0.15, -0.1) is 0 Å². The molecular weight excluding hydrogens is 586 g/mol. The molecule has 12 nitrogen and oxygen atoms in total. The van der Waals surface area contributed by atoms with Crippen molar-refractivity contribution in [3.8, 4) is 0 Å². The van der Waals surface area contributed by atoms with Gasteiger partial charge in [-0.2, -0.15) is 10.2 Å². The van der Waals surface area contributed by atoms with Gasteiger partial charge in [0.05, 0.1) is 22.4 Å². The summed E-state index contributed by atoms with van der Waals surface area (Å²) in [6, 6.07) is 19.0. The summed E-state index contributed by atoms with van der Waals surface area (Å²) in [6.07, 6.45) is 4.84. The molecule has 232 valence electrons.